The maximum Gasteiger partial charge on any atom is 0.262 e. The molecule has 2 heterocycles. The summed E-state index contributed by atoms with van der Waals surface area (Å²) in [6.45, 7) is 0.417. The van der Waals surface area contributed by atoms with Crippen molar-refractivity contribution in [2.45, 2.75) is 13.1 Å². The van der Waals surface area contributed by atoms with E-state index in [1.54, 1.807) is 22.9 Å². The zero-order valence-corrected chi connectivity index (χ0v) is 15.9. The van der Waals surface area contributed by atoms with Crippen LogP contribution in [0.2, 0.25) is 0 Å². The lowest BCUT2D eigenvalue weighted by Crippen LogP contribution is -2.23. The Morgan fingerprint density at radius 3 is 2.80 bits per heavy atom. The van der Waals surface area contributed by atoms with E-state index in [1.807, 2.05) is 36.4 Å². The summed E-state index contributed by atoms with van der Waals surface area (Å²) < 4.78 is 12.3. The normalized spacial score (nSPS) is 12.6. The fraction of sp³-hybridized carbons (Fsp3) is 0.136. The maximum atomic E-state index is 12.6. The summed E-state index contributed by atoms with van der Waals surface area (Å²) in [5.74, 6) is 0.310. The molecular formula is C22H18N4O4. The molecule has 150 valence electrons. The van der Waals surface area contributed by atoms with E-state index in [0.29, 0.717) is 17.1 Å². The van der Waals surface area contributed by atoms with E-state index in [2.05, 4.69) is 5.32 Å². The largest absolute Gasteiger partial charge is 0.454 e. The number of nitrogens with one attached hydrogen (secondary N) is 1. The van der Waals surface area contributed by atoms with Crippen molar-refractivity contribution in [3.8, 4) is 17.6 Å². The molecule has 0 saturated heterocycles. The predicted molar refractivity (Wildman–Crippen MR) is 109 cm³/mol. The molecule has 8 heteroatoms. The maximum absolute atomic E-state index is 12.6. The molecule has 8 nitrogen and oxygen atoms in total. The Morgan fingerprint density at radius 2 is 2.00 bits per heavy atom. The summed E-state index contributed by atoms with van der Waals surface area (Å²) in [5, 5.41) is 13.1. The molecule has 0 fully saturated rings. The SMILES string of the molecule is N#C/C(=C\c1cn(CC(N)=O)c2ccccc12)C(=O)NCc1ccc2c(c1)OCO2. The molecule has 0 atom stereocenters. The number of fused-ring (bicyclic) bond motifs is 2. The van der Waals surface area contributed by atoms with E-state index in [1.165, 1.54) is 6.08 Å². The molecule has 0 aliphatic carbocycles. The Balaban J connectivity index is 1.55. The number of carbonyl (C=O) groups excluding carboxylic acids is 2. The number of amides is 2. The highest BCUT2D eigenvalue weighted by atomic mass is 16.7. The summed E-state index contributed by atoms with van der Waals surface area (Å²) in [7, 11) is 0. The van der Waals surface area contributed by atoms with E-state index < -0.39 is 11.8 Å². The van der Waals surface area contributed by atoms with Crippen molar-refractivity contribution in [2.24, 2.45) is 5.73 Å². The van der Waals surface area contributed by atoms with Gasteiger partial charge >= 0.3 is 0 Å². The van der Waals surface area contributed by atoms with Crippen LogP contribution in [0.25, 0.3) is 17.0 Å². The van der Waals surface area contributed by atoms with Crippen LogP contribution in [0, 0.1) is 11.3 Å². The number of hydrogen-bond donors (Lipinski definition) is 2. The Morgan fingerprint density at radius 1 is 1.20 bits per heavy atom. The second-order valence-electron chi connectivity index (χ2n) is 6.74. The summed E-state index contributed by atoms with van der Waals surface area (Å²) >= 11 is 0. The lowest BCUT2D eigenvalue weighted by Gasteiger charge is -2.05. The molecule has 1 aliphatic rings. The average molecular weight is 402 g/mol. The minimum absolute atomic E-state index is 0.00650. The number of nitriles is 1. The Labute approximate surface area is 172 Å². The number of primary amides is 1. The summed E-state index contributed by atoms with van der Waals surface area (Å²) in [5.41, 5.74) is 7.55. The first-order chi connectivity index (χ1) is 14.5. The molecule has 0 unspecified atom stereocenters. The Kier molecular flexibility index (Phi) is 5.09. The van der Waals surface area contributed by atoms with Gasteiger partial charge in [0.2, 0.25) is 12.7 Å². The molecule has 1 aliphatic heterocycles. The third kappa shape index (κ3) is 3.82. The summed E-state index contributed by atoms with van der Waals surface area (Å²) in [4.78, 5) is 23.9. The molecule has 1 aromatic heterocycles. The standard InChI is InChI=1S/C22H18N4O4/c23-9-15(22(28)25-10-14-5-6-19-20(7-14)30-13-29-19)8-16-11-26(12-21(24)27)18-4-2-1-3-17(16)18/h1-8,11H,10,12-13H2,(H2,24,27)(H,25,28)/b15-8+. The first-order valence-electron chi connectivity index (χ1n) is 9.20. The van der Waals surface area contributed by atoms with Crippen LogP contribution in [0.1, 0.15) is 11.1 Å². The average Bonchev–Trinajstić information content (AvgIpc) is 3.34. The van der Waals surface area contributed by atoms with Crippen LogP contribution in [0.5, 0.6) is 11.5 Å². The lowest BCUT2D eigenvalue weighted by atomic mass is 10.1. The van der Waals surface area contributed by atoms with Gasteiger partial charge < -0.3 is 25.1 Å². The molecule has 0 bridgehead atoms. The van der Waals surface area contributed by atoms with Crippen molar-refractivity contribution in [1.82, 2.24) is 9.88 Å². The lowest BCUT2D eigenvalue weighted by molar-refractivity contribution is -0.118. The van der Waals surface area contributed by atoms with Crippen LogP contribution in [0.3, 0.4) is 0 Å². The molecule has 2 amide bonds. The molecule has 3 aromatic rings. The van der Waals surface area contributed by atoms with Gasteiger partial charge in [-0.1, -0.05) is 24.3 Å². The fourth-order valence-corrected chi connectivity index (χ4v) is 3.32. The van der Waals surface area contributed by atoms with Crippen LogP contribution in [0.15, 0.2) is 54.2 Å². The van der Waals surface area contributed by atoms with E-state index in [4.69, 9.17) is 15.2 Å². The molecule has 0 saturated carbocycles. The first kappa shape index (κ1) is 19.1. The smallest absolute Gasteiger partial charge is 0.262 e. The van der Waals surface area contributed by atoms with Gasteiger partial charge in [0, 0.05) is 29.2 Å². The van der Waals surface area contributed by atoms with Gasteiger partial charge in [-0.15, -0.1) is 0 Å². The Bertz CT molecular complexity index is 1220. The van der Waals surface area contributed by atoms with Crippen LogP contribution in [0.4, 0.5) is 0 Å². The monoisotopic (exact) mass is 402 g/mol. The van der Waals surface area contributed by atoms with Crippen molar-refractivity contribution in [1.29, 1.82) is 5.26 Å². The van der Waals surface area contributed by atoms with Gasteiger partial charge in [0.1, 0.15) is 18.2 Å². The number of hydrogen-bond acceptors (Lipinski definition) is 5. The van der Waals surface area contributed by atoms with Gasteiger partial charge in [0.25, 0.3) is 5.91 Å². The number of benzene rings is 2. The highest BCUT2D eigenvalue weighted by Crippen LogP contribution is 2.32. The third-order valence-corrected chi connectivity index (χ3v) is 4.70. The summed E-state index contributed by atoms with van der Waals surface area (Å²) in [6.07, 6.45) is 3.21. The second kappa shape index (κ2) is 8.01. The van der Waals surface area contributed by atoms with Crippen molar-refractivity contribution in [2.75, 3.05) is 6.79 Å². The quantitative estimate of drug-likeness (QED) is 0.483. The van der Waals surface area contributed by atoms with Gasteiger partial charge in [0.15, 0.2) is 11.5 Å². The molecule has 30 heavy (non-hydrogen) atoms. The number of rotatable bonds is 6. The number of nitrogens with two attached hydrogens (primary N) is 1. The number of aromatic nitrogens is 1. The highest BCUT2D eigenvalue weighted by molar-refractivity contribution is 6.04. The number of nitrogens with zero attached hydrogens (tertiary/aromatic N) is 2. The van der Waals surface area contributed by atoms with E-state index in [-0.39, 0.29) is 25.5 Å². The van der Waals surface area contributed by atoms with Crippen molar-refractivity contribution >= 4 is 28.8 Å². The minimum atomic E-state index is -0.498. The van der Waals surface area contributed by atoms with Gasteiger partial charge in [-0.2, -0.15) is 5.26 Å². The second-order valence-corrected chi connectivity index (χ2v) is 6.74. The molecular weight excluding hydrogens is 384 g/mol. The van der Waals surface area contributed by atoms with Crippen molar-refractivity contribution < 1.29 is 19.1 Å². The molecule has 0 spiro atoms. The van der Waals surface area contributed by atoms with E-state index in [9.17, 15) is 14.9 Å². The zero-order chi connectivity index (χ0) is 21.1. The Hall–Kier alpha value is -4.25. The molecule has 3 N–H and O–H groups in total. The third-order valence-electron chi connectivity index (χ3n) is 4.70. The van der Waals surface area contributed by atoms with Crippen LogP contribution >= 0.6 is 0 Å². The number of ether oxygens (including phenoxy) is 2. The van der Waals surface area contributed by atoms with E-state index in [0.717, 1.165) is 16.5 Å². The summed E-state index contributed by atoms with van der Waals surface area (Å²) in [6, 6.07) is 14.7. The molecule has 2 aromatic carbocycles. The topological polar surface area (TPSA) is 119 Å². The van der Waals surface area contributed by atoms with Crippen LogP contribution < -0.4 is 20.5 Å². The number of carbonyl (C=O) groups is 2. The van der Waals surface area contributed by atoms with Crippen molar-refractivity contribution in [3.63, 3.8) is 0 Å². The van der Waals surface area contributed by atoms with Gasteiger partial charge in [0.05, 0.1) is 0 Å². The molecule has 4 rings (SSSR count). The van der Waals surface area contributed by atoms with Gasteiger partial charge in [-0.25, -0.2) is 0 Å². The van der Waals surface area contributed by atoms with Crippen LogP contribution in [-0.2, 0) is 22.7 Å². The highest BCUT2D eigenvalue weighted by Gasteiger charge is 2.15. The molecule has 0 radical (unpaired) electrons. The first-order valence-corrected chi connectivity index (χ1v) is 9.20. The zero-order valence-electron chi connectivity index (χ0n) is 15.9. The van der Waals surface area contributed by atoms with Gasteiger partial charge in [-0.05, 0) is 29.8 Å². The predicted octanol–water partition coefficient (Wildman–Crippen LogP) is 2.08. The fourth-order valence-electron chi connectivity index (χ4n) is 3.32. The van der Waals surface area contributed by atoms with Crippen molar-refractivity contribution in [3.05, 3.63) is 65.4 Å². The van der Waals surface area contributed by atoms with Gasteiger partial charge in [-0.3, -0.25) is 9.59 Å². The van der Waals surface area contributed by atoms with Crippen LogP contribution in [-0.4, -0.2) is 23.2 Å². The number of para-hydroxylation sites is 1. The minimum Gasteiger partial charge on any atom is -0.454 e. The van der Waals surface area contributed by atoms with E-state index >= 15 is 0 Å².